The van der Waals surface area contributed by atoms with E-state index in [9.17, 15) is 21.6 Å². The second-order valence-corrected chi connectivity index (χ2v) is 9.91. The molecule has 0 bridgehead atoms. The molecule has 2 aliphatic rings. The maximum atomic E-state index is 11.4. The number of hydrogen-bond acceptors (Lipinski definition) is 6. The van der Waals surface area contributed by atoms with Crippen LogP contribution in [0.5, 0.6) is 0 Å². The Morgan fingerprint density at radius 3 is 2.20 bits per heavy atom. The van der Waals surface area contributed by atoms with Crippen molar-refractivity contribution in [3.63, 3.8) is 0 Å². The third-order valence-corrected chi connectivity index (χ3v) is 7.37. The summed E-state index contributed by atoms with van der Waals surface area (Å²) in [6, 6.07) is -0.299. The fourth-order valence-corrected chi connectivity index (χ4v) is 6.16. The van der Waals surface area contributed by atoms with Crippen molar-refractivity contribution in [2.24, 2.45) is 0 Å². The zero-order valence-electron chi connectivity index (χ0n) is 11.2. The number of nitrogens with one attached hydrogen (secondary N) is 1. The highest BCUT2D eigenvalue weighted by molar-refractivity contribution is 7.91. The normalized spacial score (nSPS) is 31.2. The van der Waals surface area contributed by atoms with Gasteiger partial charge >= 0.3 is 0 Å². The number of amides is 1. The average Bonchev–Trinajstić information content (AvgIpc) is 2.87. The van der Waals surface area contributed by atoms with Crippen LogP contribution in [0.15, 0.2) is 0 Å². The van der Waals surface area contributed by atoms with Gasteiger partial charge in [0.25, 0.3) is 0 Å². The summed E-state index contributed by atoms with van der Waals surface area (Å²) in [5.41, 5.74) is 0. The topological polar surface area (TPSA) is 101 Å². The van der Waals surface area contributed by atoms with Gasteiger partial charge in [0.2, 0.25) is 6.41 Å². The Kier molecular flexibility index (Phi) is 4.70. The zero-order chi connectivity index (χ0) is 14.8. The quantitative estimate of drug-likeness (QED) is 0.591. The maximum absolute atomic E-state index is 11.4. The van der Waals surface area contributed by atoms with Crippen molar-refractivity contribution < 1.29 is 21.6 Å². The summed E-state index contributed by atoms with van der Waals surface area (Å²) in [5.74, 6) is 0.522. The largest absolute Gasteiger partial charge is 0.340 e. The number of nitrogens with zero attached hydrogens (tertiary/aromatic N) is 1. The predicted octanol–water partition coefficient (Wildman–Crippen LogP) is -1.59. The SMILES string of the molecule is O=CN(CCN[C@H]1CCS(=O)(=O)C1)[C@@H]1CCS(=O)(=O)C1. The van der Waals surface area contributed by atoms with Crippen LogP contribution in [0.3, 0.4) is 0 Å². The molecule has 9 heteroatoms. The van der Waals surface area contributed by atoms with E-state index in [4.69, 9.17) is 0 Å². The van der Waals surface area contributed by atoms with Crippen molar-refractivity contribution in [2.45, 2.75) is 24.9 Å². The molecule has 2 fully saturated rings. The molecule has 1 N–H and O–H groups in total. The molecule has 7 nitrogen and oxygen atoms in total. The van der Waals surface area contributed by atoms with E-state index in [1.54, 1.807) is 0 Å². The first kappa shape index (κ1) is 15.7. The number of carbonyl (C=O) groups is 1. The predicted molar refractivity (Wildman–Crippen MR) is 74.9 cm³/mol. The third kappa shape index (κ3) is 4.16. The highest BCUT2D eigenvalue weighted by Crippen LogP contribution is 2.16. The first-order valence-corrected chi connectivity index (χ1v) is 10.3. The van der Waals surface area contributed by atoms with Gasteiger partial charge in [0, 0.05) is 25.2 Å². The lowest BCUT2D eigenvalue weighted by molar-refractivity contribution is -0.119. The van der Waals surface area contributed by atoms with Crippen molar-refractivity contribution >= 4 is 26.1 Å². The highest BCUT2D eigenvalue weighted by atomic mass is 32.2. The third-order valence-electron chi connectivity index (χ3n) is 3.85. The molecule has 0 unspecified atom stereocenters. The Hall–Kier alpha value is -0.670. The van der Waals surface area contributed by atoms with Crippen LogP contribution in [-0.4, -0.2) is 76.3 Å². The van der Waals surface area contributed by atoms with Crippen LogP contribution in [0, 0.1) is 0 Å². The molecule has 1 amide bonds. The molecule has 0 aliphatic carbocycles. The summed E-state index contributed by atoms with van der Waals surface area (Å²) < 4.78 is 45.4. The van der Waals surface area contributed by atoms with E-state index in [1.807, 2.05) is 0 Å². The Morgan fingerprint density at radius 2 is 1.70 bits per heavy atom. The lowest BCUT2D eigenvalue weighted by atomic mass is 10.2. The van der Waals surface area contributed by atoms with Crippen molar-refractivity contribution in [1.29, 1.82) is 0 Å². The van der Waals surface area contributed by atoms with Gasteiger partial charge in [-0.15, -0.1) is 0 Å². The van der Waals surface area contributed by atoms with E-state index in [0.29, 0.717) is 32.3 Å². The lowest BCUT2D eigenvalue weighted by Gasteiger charge is -2.24. The second kappa shape index (κ2) is 5.98. The summed E-state index contributed by atoms with van der Waals surface area (Å²) in [5, 5.41) is 3.12. The van der Waals surface area contributed by atoms with Crippen LogP contribution < -0.4 is 5.32 Å². The number of carbonyl (C=O) groups excluding carboxylic acids is 1. The van der Waals surface area contributed by atoms with Gasteiger partial charge < -0.3 is 10.2 Å². The van der Waals surface area contributed by atoms with Gasteiger partial charge in [0.1, 0.15) is 0 Å². The van der Waals surface area contributed by atoms with Crippen molar-refractivity contribution in [3.8, 4) is 0 Å². The highest BCUT2D eigenvalue weighted by Gasteiger charge is 2.32. The summed E-state index contributed by atoms with van der Waals surface area (Å²) in [4.78, 5) is 12.5. The molecule has 0 saturated carbocycles. The molecular weight excluding hydrogens is 304 g/mol. The van der Waals surface area contributed by atoms with E-state index in [1.165, 1.54) is 4.90 Å². The first-order chi connectivity index (χ1) is 9.31. The minimum absolute atomic E-state index is 0.0313. The molecule has 116 valence electrons. The van der Waals surface area contributed by atoms with Crippen LogP contribution in [0.4, 0.5) is 0 Å². The minimum Gasteiger partial charge on any atom is -0.340 e. The van der Waals surface area contributed by atoms with Gasteiger partial charge in [-0.05, 0) is 12.8 Å². The van der Waals surface area contributed by atoms with Gasteiger partial charge in [0.05, 0.1) is 23.0 Å². The summed E-state index contributed by atoms with van der Waals surface area (Å²) >= 11 is 0. The van der Waals surface area contributed by atoms with Crippen molar-refractivity contribution in [1.82, 2.24) is 10.2 Å². The van der Waals surface area contributed by atoms with E-state index < -0.39 is 19.7 Å². The van der Waals surface area contributed by atoms with Gasteiger partial charge in [0.15, 0.2) is 19.7 Å². The van der Waals surface area contributed by atoms with E-state index >= 15 is 0 Å². The average molecular weight is 324 g/mol. The molecule has 0 aromatic rings. The van der Waals surface area contributed by atoms with Crippen LogP contribution in [0.25, 0.3) is 0 Å². The van der Waals surface area contributed by atoms with E-state index in [-0.39, 0.29) is 35.1 Å². The van der Waals surface area contributed by atoms with Crippen LogP contribution in [-0.2, 0) is 24.5 Å². The van der Waals surface area contributed by atoms with Crippen LogP contribution >= 0.6 is 0 Å². The van der Waals surface area contributed by atoms with Gasteiger partial charge in [-0.1, -0.05) is 0 Å². The van der Waals surface area contributed by atoms with Crippen molar-refractivity contribution in [3.05, 3.63) is 0 Å². The Morgan fingerprint density at radius 1 is 1.05 bits per heavy atom. The number of rotatable bonds is 6. The number of sulfone groups is 2. The maximum Gasteiger partial charge on any atom is 0.210 e. The zero-order valence-corrected chi connectivity index (χ0v) is 12.8. The molecule has 2 aliphatic heterocycles. The molecule has 0 radical (unpaired) electrons. The van der Waals surface area contributed by atoms with E-state index in [2.05, 4.69) is 5.32 Å². The van der Waals surface area contributed by atoms with Crippen LogP contribution in [0.1, 0.15) is 12.8 Å². The Balaban J connectivity index is 1.76. The lowest BCUT2D eigenvalue weighted by Crippen LogP contribution is -2.42. The van der Waals surface area contributed by atoms with Crippen molar-refractivity contribution in [2.75, 3.05) is 36.1 Å². The molecule has 2 rings (SSSR count). The molecule has 0 aromatic carbocycles. The fourth-order valence-electron chi connectivity index (χ4n) is 2.71. The van der Waals surface area contributed by atoms with Crippen LogP contribution in [0.2, 0.25) is 0 Å². The second-order valence-electron chi connectivity index (χ2n) is 5.45. The monoisotopic (exact) mass is 324 g/mol. The fraction of sp³-hybridized carbons (Fsp3) is 0.909. The van der Waals surface area contributed by atoms with Gasteiger partial charge in [-0.2, -0.15) is 0 Å². The molecule has 2 saturated heterocycles. The smallest absolute Gasteiger partial charge is 0.210 e. The first-order valence-electron chi connectivity index (χ1n) is 6.66. The standard InChI is InChI=1S/C11H20N2O5S2/c14-9-13(11-2-6-20(17,18)8-11)4-3-12-10-1-5-19(15,16)7-10/h9-12H,1-8H2/t10-,11+/m0/s1. The minimum atomic E-state index is -3.01. The molecular formula is C11H20N2O5S2. The Labute approximate surface area is 119 Å². The molecule has 2 atom stereocenters. The molecule has 2 heterocycles. The summed E-state index contributed by atoms with van der Waals surface area (Å²) in [7, 11) is -5.91. The van der Waals surface area contributed by atoms with Gasteiger partial charge in [-0.25, -0.2) is 16.8 Å². The van der Waals surface area contributed by atoms with E-state index in [0.717, 1.165) is 0 Å². The molecule has 0 aromatic heterocycles. The summed E-state index contributed by atoms with van der Waals surface area (Å²) in [6.45, 7) is 0.885. The Bertz CT molecular complexity index is 557. The summed E-state index contributed by atoms with van der Waals surface area (Å²) in [6.07, 6.45) is 1.76. The number of hydrogen-bond donors (Lipinski definition) is 1. The molecule has 0 spiro atoms. The van der Waals surface area contributed by atoms with Gasteiger partial charge in [-0.3, -0.25) is 4.79 Å². The molecule has 20 heavy (non-hydrogen) atoms.